The molecule has 22 heavy (non-hydrogen) atoms. The van der Waals surface area contributed by atoms with Crippen LogP contribution in [0.3, 0.4) is 0 Å². The Morgan fingerprint density at radius 2 is 1.82 bits per heavy atom. The number of rotatable bonds is 3. The first-order chi connectivity index (χ1) is 10.5. The van der Waals surface area contributed by atoms with E-state index in [1.807, 2.05) is 50.2 Å². The highest BCUT2D eigenvalue weighted by atomic mass is 32.1. The molecule has 4 nitrogen and oxygen atoms in total. The van der Waals surface area contributed by atoms with E-state index in [1.165, 1.54) is 9.78 Å². The summed E-state index contributed by atoms with van der Waals surface area (Å²) in [5.41, 5.74) is 2.41. The van der Waals surface area contributed by atoms with Crippen LogP contribution in [-0.2, 0) is 11.3 Å². The van der Waals surface area contributed by atoms with E-state index in [-0.39, 0.29) is 18.5 Å². The zero-order valence-electron chi connectivity index (χ0n) is 12.4. The molecule has 1 aromatic heterocycles. The Hall–Kier alpha value is -2.40. The zero-order chi connectivity index (χ0) is 15.7. The van der Waals surface area contributed by atoms with Gasteiger partial charge in [-0.25, -0.2) is 4.79 Å². The van der Waals surface area contributed by atoms with Crippen LogP contribution in [0.4, 0.5) is 4.79 Å². The molecule has 3 amide bonds. The molecule has 112 valence electrons. The number of amides is 3. The van der Waals surface area contributed by atoms with Gasteiger partial charge in [0.15, 0.2) is 0 Å². The lowest BCUT2D eigenvalue weighted by molar-refractivity contribution is -0.123. The third-order valence-corrected chi connectivity index (χ3v) is 4.42. The van der Waals surface area contributed by atoms with Gasteiger partial charge in [-0.15, -0.1) is 11.3 Å². The largest absolute Gasteiger partial charge is 0.329 e. The lowest BCUT2D eigenvalue weighted by Gasteiger charge is -2.11. The molecule has 1 aliphatic heterocycles. The first-order valence-electron chi connectivity index (χ1n) is 6.99. The fourth-order valence-electron chi connectivity index (χ4n) is 2.26. The summed E-state index contributed by atoms with van der Waals surface area (Å²) in [5.74, 6) is -0.281. The number of thiophene rings is 1. The smallest absolute Gasteiger partial charge is 0.303 e. The summed E-state index contributed by atoms with van der Waals surface area (Å²) in [6.07, 6.45) is 1.73. The Morgan fingerprint density at radius 3 is 2.45 bits per heavy atom. The number of nitrogens with zero attached hydrogens (tertiary/aromatic N) is 1. The van der Waals surface area contributed by atoms with Crippen LogP contribution < -0.4 is 5.32 Å². The molecule has 0 saturated carbocycles. The Bertz CT molecular complexity index is 759. The SMILES string of the molecule is Cc1ccc(CN2C(=O)NC(=Cc3ccc(C)s3)C2=O)cc1. The van der Waals surface area contributed by atoms with Crippen molar-refractivity contribution in [3.63, 3.8) is 0 Å². The quantitative estimate of drug-likeness (QED) is 0.697. The molecule has 5 heteroatoms. The first-order valence-corrected chi connectivity index (χ1v) is 7.81. The topological polar surface area (TPSA) is 49.4 Å². The molecule has 1 saturated heterocycles. The van der Waals surface area contributed by atoms with Crippen LogP contribution in [0, 0.1) is 13.8 Å². The number of imide groups is 1. The summed E-state index contributed by atoms with van der Waals surface area (Å²) in [5, 5.41) is 2.65. The predicted molar refractivity (Wildman–Crippen MR) is 87.3 cm³/mol. The highest BCUT2D eigenvalue weighted by molar-refractivity contribution is 7.12. The minimum absolute atomic E-state index is 0.281. The van der Waals surface area contributed by atoms with Crippen LogP contribution >= 0.6 is 11.3 Å². The molecule has 1 fully saturated rings. The van der Waals surface area contributed by atoms with E-state index in [0.717, 1.165) is 16.0 Å². The van der Waals surface area contributed by atoms with Gasteiger partial charge in [0.2, 0.25) is 0 Å². The molecule has 0 spiro atoms. The van der Waals surface area contributed by atoms with Gasteiger partial charge in [0, 0.05) is 9.75 Å². The van der Waals surface area contributed by atoms with Crippen LogP contribution in [0.5, 0.6) is 0 Å². The summed E-state index contributed by atoms with van der Waals surface area (Å²) in [4.78, 5) is 27.8. The third-order valence-electron chi connectivity index (χ3n) is 3.47. The van der Waals surface area contributed by atoms with Gasteiger partial charge < -0.3 is 5.32 Å². The first kappa shape index (κ1) is 14.5. The van der Waals surface area contributed by atoms with Crippen molar-refractivity contribution in [3.8, 4) is 0 Å². The summed E-state index contributed by atoms with van der Waals surface area (Å²) >= 11 is 1.59. The number of hydrogen-bond acceptors (Lipinski definition) is 3. The standard InChI is InChI=1S/C17H16N2O2S/c1-11-3-6-13(7-4-11)10-19-16(20)15(18-17(19)21)9-14-8-5-12(2)22-14/h3-9H,10H2,1-2H3,(H,18,21). The Labute approximate surface area is 133 Å². The molecule has 1 aliphatic rings. The minimum Gasteiger partial charge on any atom is -0.303 e. The normalized spacial score (nSPS) is 16.5. The maximum absolute atomic E-state index is 12.4. The highest BCUT2D eigenvalue weighted by Crippen LogP contribution is 2.21. The fourth-order valence-corrected chi connectivity index (χ4v) is 3.09. The monoisotopic (exact) mass is 312 g/mol. The van der Waals surface area contributed by atoms with Crippen molar-refractivity contribution in [1.29, 1.82) is 0 Å². The number of benzene rings is 1. The molecule has 1 aromatic carbocycles. The second kappa shape index (κ2) is 5.77. The summed E-state index contributed by atoms with van der Waals surface area (Å²) in [6.45, 7) is 4.29. The Balaban J connectivity index is 1.79. The molecule has 2 heterocycles. The van der Waals surface area contributed by atoms with E-state index in [0.29, 0.717) is 5.70 Å². The second-order valence-corrected chi connectivity index (χ2v) is 6.63. The van der Waals surface area contributed by atoms with E-state index in [9.17, 15) is 9.59 Å². The van der Waals surface area contributed by atoms with Crippen molar-refractivity contribution < 1.29 is 9.59 Å². The second-order valence-electron chi connectivity index (χ2n) is 5.31. The number of carbonyl (C=O) groups is 2. The number of carbonyl (C=O) groups excluding carboxylic acids is 2. The predicted octanol–water partition coefficient (Wildman–Crippen LogP) is 3.46. The van der Waals surface area contributed by atoms with Crippen LogP contribution in [0.2, 0.25) is 0 Å². The maximum atomic E-state index is 12.4. The lowest BCUT2D eigenvalue weighted by atomic mass is 10.1. The van der Waals surface area contributed by atoms with Crippen molar-refractivity contribution in [3.05, 3.63) is 63.0 Å². The van der Waals surface area contributed by atoms with Crippen molar-refractivity contribution in [2.75, 3.05) is 0 Å². The molecular formula is C17H16N2O2S. The van der Waals surface area contributed by atoms with Gasteiger partial charge in [-0.1, -0.05) is 29.8 Å². The third kappa shape index (κ3) is 2.94. The van der Waals surface area contributed by atoms with Crippen molar-refractivity contribution in [1.82, 2.24) is 10.2 Å². The molecule has 1 N–H and O–H groups in total. The van der Waals surface area contributed by atoms with Crippen molar-refractivity contribution >= 4 is 29.4 Å². The van der Waals surface area contributed by atoms with Crippen LogP contribution in [0.15, 0.2) is 42.1 Å². The molecule has 0 aliphatic carbocycles. The zero-order valence-corrected chi connectivity index (χ0v) is 13.2. The van der Waals surface area contributed by atoms with E-state index >= 15 is 0 Å². The maximum Gasteiger partial charge on any atom is 0.329 e. The fraction of sp³-hybridized carbons (Fsp3) is 0.176. The summed E-state index contributed by atoms with van der Waals surface area (Å²) < 4.78 is 0. The van der Waals surface area contributed by atoms with Crippen molar-refractivity contribution in [2.45, 2.75) is 20.4 Å². The van der Waals surface area contributed by atoms with E-state index in [1.54, 1.807) is 17.4 Å². The summed E-state index contributed by atoms with van der Waals surface area (Å²) in [7, 11) is 0. The number of nitrogens with one attached hydrogen (secondary N) is 1. The van der Waals surface area contributed by atoms with Crippen LogP contribution in [0.25, 0.3) is 6.08 Å². The molecule has 0 bridgehead atoms. The van der Waals surface area contributed by atoms with Gasteiger partial charge in [0.25, 0.3) is 5.91 Å². The summed E-state index contributed by atoms with van der Waals surface area (Å²) in [6, 6.07) is 11.4. The highest BCUT2D eigenvalue weighted by Gasteiger charge is 2.33. The number of aryl methyl sites for hydroxylation is 2. The van der Waals surface area contributed by atoms with Crippen LogP contribution in [0.1, 0.15) is 20.9 Å². The average molecular weight is 312 g/mol. The minimum atomic E-state index is -0.370. The average Bonchev–Trinajstić information content (AvgIpc) is 3.00. The van der Waals surface area contributed by atoms with Gasteiger partial charge in [-0.2, -0.15) is 0 Å². The molecular weight excluding hydrogens is 296 g/mol. The molecule has 0 atom stereocenters. The molecule has 2 aromatic rings. The van der Waals surface area contributed by atoms with Gasteiger partial charge in [-0.3, -0.25) is 9.69 Å². The Morgan fingerprint density at radius 1 is 1.09 bits per heavy atom. The number of urea groups is 1. The van der Waals surface area contributed by atoms with E-state index in [2.05, 4.69) is 5.32 Å². The van der Waals surface area contributed by atoms with Gasteiger partial charge >= 0.3 is 6.03 Å². The molecule has 0 radical (unpaired) electrons. The van der Waals surface area contributed by atoms with Crippen LogP contribution in [-0.4, -0.2) is 16.8 Å². The van der Waals surface area contributed by atoms with Gasteiger partial charge in [-0.05, 0) is 37.6 Å². The van der Waals surface area contributed by atoms with E-state index in [4.69, 9.17) is 0 Å². The number of hydrogen-bond donors (Lipinski definition) is 1. The van der Waals surface area contributed by atoms with E-state index < -0.39 is 0 Å². The molecule has 0 unspecified atom stereocenters. The van der Waals surface area contributed by atoms with Gasteiger partial charge in [0.1, 0.15) is 5.70 Å². The lowest BCUT2D eigenvalue weighted by Crippen LogP contribution is -2.30. The molecule has 3 rings (SSSR count). The van der Waals surface area contributed by atoms with Crippen molar-refractivity contribution in [2.24, 2.45) is 0 Å². The Kier molecular flexibility index (Phi) is 3.81. The van der Waals surface area contributed by atoms with Gasteiger partial charge in [0.05, 0.1) is 6.54 Å².